The van der Waals surface area contributed by atoms with Crippen LogP contribution in [0.5, 0.6) is 0 Å². The summed E-state index contributed by atoms with van der Waals surface area (Å²) in [6.45, 7) is 14.2. The molecule has 0 saturated heterocycles. The maximum absolute atomic E-state index is 6.82. The van der Waals surface area contributed by atoms with Crippen molar-refractivity contribution in [3.8, 4) is 134 Å². The molecular weight excluding hydrogens is 2140 g/mol. The maximum Gasteiger partial charge on any atom is 2.00 e. The van der Waals surface area contributed by atoms with E-state index in [1.54, 1.807) is 0 Å². The zero-order chi connectivity index (χ0) is 93.6. The van der Waals surface area contributed by atoms with Gasteiger partial charge in [0.1, 0.15) is 11.5 Å². The molecule has 2 aliphatic heterocycles. The Kier molecular flexibility index (Phi) is 22.2. The second-order valence-corrected chi connectivity index (χ2v) is 39.8. The largest absolute Gasteiger partial charge is 2.00 e. The van der Waals surface area contributed by atoms with E-state index >= 15 is 0 Å². The van der Waals surface area contributed by atoms with Crippen LogP contribution >= 0.6 is 22.7 Å². The Morgan fingerprint density at radius 2 is 0.697 bits per heavy atom. The number of fused-ring (bicyclic) bond motifs is 8. The number of para-hydroxylation sites is 2. The van der Waals surface area contributed by atoms with Crippen LogP contribution in [0.25, 0.3) is 187 Å². The van der Waals surface area contributed by atoms with Gasteiger partial charge in [-0.2, -0.15) is 9.97 Å². The minimum atomic E-state index is -0.211. The van der Waals surface area contributed by atoms with Crippen LogP contribution in [0.15, 0.2) is 411 Å². The number of anilines is 6. The Hall–Kier alpha value is -15.8. The van der Waals surface area contributed by atoms with Crippen LogP contribution in [-0.2, 0) is 58.4 Å². The molecule has 0 spiro atoms. The number of rotatable bonds is 17. The van der Waals surface area contributed by atoms with Crippen LogP contribution in [0.2, 0.25) is 0 Å². The van der Waals surface area contributed by atoms with E-state index < -0.39 is 0 Å². The fourth-order valence-electron chi connectivity index (χ4n) is 21.3. The number of furan rings is 1. The third kappa shape index (κ3) is 15.1. The molecule has 142 heavy (non-hydrogen) atoms. The third-order valence-electron chi connectivity index (χ3n) is 28.2. The molecule has 0 saturated carbocycles. The molecule has 0 unspecified atom stereocenters. The maximum atomic E-state index is 6.82. The molecule has 0 fully saturated rings. The van der Waals surface area contributed by atoms with Gasteiger partial charge in [0.05, 0.1) is 27.8 Å². The molecule has 16 heteroatoms. The number of hydrogen-bond donors (Lipinski definition) is 0. The summed E-state index contributed by atoms with van der Waals surface area (Å²) in [6, 6.07) is 149. The Balaban J connectivity index is 0.000000156. The summed E-state index contributed by atoms with van der Waals surface area (Å²) >= 11 is 3.66. The van der Waals surface area contributed by atoms with E-state index in [0.29, 0.717) is 17.6 Å². The molecule has 0 amide bonds. The van der Waals surface area contributed by atoms with Crippen molar-refractivity contribution in [3.05, 3.63) is 465 Å². The molecule has 0 bridgehead atoms. The minimum Gasteiger partial charge on any atom is -0.456 e. The normalized spacial score (nSPS) is 13.1. The predicted molar refractivity (Wildman–Crippen MR) is 573 cm³/mol. The van der Waals surface area contributed by atoms with E-state index in [4.69, 9.17) is 19.4 Å². The summed E-state index contributed by atoms with van der Waals surface area (Å²) in [5, 5.41) is 4.96. The van der Waals surface area contributed by atoms with E-state index in [1.165, 1.54) is 96.7 Å². The topological polar surface area (TPSA) is 120 Å². The van der Waals surface area contributed by atoms with Gasteiger partial charge in [-0.05, 0) is 222 Å². The van der Waals surface area contributed by atoms with Crippen LogP contribution in [-0.4, -0.2) is 44.0 Å². The second-order valence-electron chi connectivity index (χ2n) is 37.6. The van der Waals surface area contributed by atoms with Crippen LogP contribution in [0.1, 0.15) is 74.9 Å². The first kappa shape index (κ1) is 88.9. The molecule has 682 valence electrons. The molecular formula is C126H85N11OPt2S2. The number of thiophene rings is 2. The molecule has 0 N–H and O–H groups in total. The average Bonchev–Trinajstić information content (AvgIpc) is 1.46. The summed E-state index contributed by atoms with van der Waals surface area (Å²) in [6.07, 6.45) is 7.27. The quantitative estimate of drug-likeness (QED) is 0.0815. The van der Waals surface area contributed by atoms with Crippen molar-refractivity contribution in [2.45, 2.75) is 57.8 Å². The summed E-state index contributed by atoms with van der Waals surface area (Å²) in [5.74, 6) is 3.50. The third-order valence-corrected chi connectivity index (χ3v) is 30.6. The van der Waals surface area contributed by atoms with Gasteiger partial charge in [0, 0.05) is 115 Å². The van der Waals surface area contributed by atoms with Gasteiger partial charge in [0.15, 0.2) is 11.6 Å². The fourth-order valence-corrected chi connectivity index (χ4v) is 23.7. The minimum absolute atomic E-state index is 0. The predicted octanol–water partition coefficient (Wildman–Crippen LogP) is 32.6. The molecule has 12 nitrogen and oxygen atoms in total. The van der Waals surface area contributed by atoms with E-state index in [2.05, 4.69) is 366 Å². The number of aromatic nitrogens is 9. The Bertz CT molecular complexity index is 8700. The number of hydrogen-bond acceptors (Lipinski definition) is 12. The molecule has 10 aromatic heterocycles. The van der Waals surface area contributed by atoms with Gasteiger partial charge < -0.3 is 38.7 Å². The molecule has 27 rings (SSSR count). The van der Waals surface area contributed by atoms with Gasteiger partial charge in [0.25, 0.3) is 0 Å². The van der Waals surface area contributed by atoms with Crippen molar-refractivity contribution < 1.29 is 46.5 Å². The van der Waals surface area contributed by atoms with Gasteiger partial charge >= 0.3 is 42.1 Å². The van der Waals surface area contributed by atoms with Gasteiger partial charge in [-0.25, -0.2) is 4.98 Å². The van der Waals surface area contributed by atoms with E-state index in [9.17, 15) is 0 Å². The summed E-state index contributed by atoms with van der Waals surface area (Å²) in [4.78, 5) is 41.0. The number of nitrogens with zero attached hydrogens (tertiary/aromatic N) is 11. The van der Waals surface area contributed by atoms with Gasteiger partial charge in [-0.3, -0.25) is 4.57 Å². The molecule has 3 aliphatic rings. The second kappa shape index (κ2) is 35.5. The van der Waals surface area contributed by atoms with Crippen molar-refractivity contribution in [1.82, 2.24) is 44.0 Å². The number of benzene rings is 14. The Morgan fingerprint density at radius 3 is 1.19 bits per heavy atom. The van der Waals surface area contributed by atoms with E-state index in [1.807, 2.05) is 169 Å². The molecule has 1 aliphatic carbocycles. The van der Waals surface area contributed by atoms with Crippen LogP contribution in [0, 0.1) is 24.3 Å². The van der Waals surface area contributed by atoms with Crippen LogP contribution in [0.4, 0.5) is 34.1 Å². The first-order valence-electron chi connectivity index (χ1n) is 47.2. The first-order valence-corrected chi connectivity index (χ1v) is 48.8. The van der Waals surface area contributed by atoms with Crippen molar-refractivity contribution in [2.75, 3.05) is 9.80 Å². The molecule has 0 atom stereocenters. The van der Waals surface area contributed by atoms with Gasteiger partial charge in [-0.15, -0.1) is 142 Å². The van der Waals surface area contributed by atoms with Crippen molar-refractivity contribution >= 4 is 110 Å². The smallest absolute Gasteiger partial charge is 0.456 e. The molecule has 14 aromatic carbocycles. The summed E-state index contributed by atoms with van der Waals surface area (Å²) in [5.41, 5.74) is 34.9. The molecule has 24 aromatic rings. The van der Waals surface area contributed by atoms with Crippen molar-refractivity contribution in [1.29, 1.82) is 0 Å². The standard InChI is InChI=1S/C70H45N7S2.C56H40N4O.2Pt/c1-70(2)57-29-10-9-28-53(57)54-40-56-55-39-49(32-33-61(55)77(62(56)41-58(54)70)69-74-67(44-18-5-3-6-19-44)73-68(75-69)45-20-7-4-8-21-45)64-43-66-65(79-64)42-63(78-66)48-24-17-27-52(38-48)76(50-25-15-22-46(36-50)59-30-11-13-34-71-59)51-26-16-23-47(37-51)60-31-12-14-35-72-60;1-55(2)44-19-11-17-42-43-18-12-20-45-53(43)60(52(42)44)54-46(55)33-38(34-47(54)56(45,3)4)51-28-27-50(61-51)35-23-25-39(26-24-35)59(40-15-9-13-36(31-40)48-21-5-7-29-57-48)41-16-10-14-37(32-41)49-22-6-8-30-58-49;;/h3-35,38-43H,1-2H3;5-30,33-34H,1-4H3;;/q2*-2;2*+2. The number of pyridine rings is 4. The fraction of sp³-hybridized carbons (Fsp3) is 0.0714. The monoisotopic (exact) mass is 2220 g/mol. The Labute approximate surface area is 859 Å². The summed E-state index contributed by atoms with van der Waals surface area (Å²) in [7, 11) is 0. The SMILES string of the molecule is CC1(C)c2cc(-c3ccc(-c4ccc(N(c5[c-]c(-c6ccccn6)ccc5)c5[c-]c(-c6ccccn6)ccc5)cc4)o3)cc3c2-n2c4c1cccc4c1cccc(c12)C3(C)C.CC1(C)c2ccccc2-c2cc3c4cc(-c5cc6sc(-c7cccc(N(c8[c-]c(-c9ccccn9)ccc8)c8[c-]c(-c9ccccn9)ccc8)c7)cc6s5)ccc4n(-c4nc(-c5ccccc5)nc(-c5ccccc5)n4)c3cc21.[Pt+2].[Pt+2]. The Morgan fingerprint density at radius 1 is 0.282 bits per heavy atom. The van der Waals surface area contributed by atoms with Gasteiger partial charge in [0.2, 0.25) is 5.95 Å². The van der Waals surface area contributed by atoms with Crippen LogP contribution < -0.4 is 9.80 Å². The van der Waals surface area contributed by atoms with Crippen molar-refractivity contribution in [3.63, 3.8) is 0 Å². The van der Waals surface area contributed by atoms with Gasteiger partial charge in [-0.1, -0.05) is 230 Å². The van der Waals surface area contributed by atoms with E-state index in [0.717, 1.165) is 140 Å². The van der Waals surface area contributed by atoms with Crippen LogP contribution in [0.3, 0.4) is 0 Å². The van der Waals surface area contributed by atoms with Crippen molar-refractivity contribution in [2.24, 2.45) is 0 Å². The summed E-state index contributed by atoms with van der Waals surface area (Å²) < 4.78 is 14.1. The molecule has 0 radical (unpaired) electrons. The molecule has 12 heterocycles. The average molecular weight is 2220 g/mol. The zero-order valence-electron chi connectivity index (χ0n) is 78.0. The zero-order valence-corrected chi connectivity index (χ0v) is 84.1. The van der Waals surface area contributed by atoms with E-state index in [-0.39, 0.29) is 58.4 Å². The first-order chi connectivity index (χ1) is 68.6.